The van der Waals surface area contributed by atoms with E-state index in [-0.39, 0.29) is 33.5 Å². The number of halogens is 2. The number of amides is 1. The maximum absolute atomic E-state index is 13.4. The summed E-state index contributed by atoms with van der Waals surface area (Å²) in [6.45, 7) is 3.20. The molecule has 0 radical (unpaired) electrons. The highest BCUT2D eigenvalue weighted by Gasteiger charge is 2.27. The monoisotopic (exact) mass is 520 g/mol. The van der Waals surface area contributed by atoms with E-state index in [2.05, 4.69) is 5.32 Å². The molecule has 0 unspecified atom stereocenters. The Hall–Kier alpha value is -3.07. The third-order valence-corrected chi connectivity index (χ3v) is 7.08. The first-order valence-corrected chi connectivity index (χ1v) is 12.4. The number of ether oxygens (including phenoxy) is 1. The van der Waals surface area contributed by atoms with Crippen LogP contribution in [0.25, 0.3) is 0 Å². The van der Waals surface area contributed by atoms with Crippen LogP contribution in [0.1, 0.15) is 22.8 Å². The second kappa shape index (κ2) is 10.9. The number of rotatable bonds is 8. The maximum Gasteiger partial charge on any atom is 0.338 e. The fourth-order valence-electron chi connectivity index (χ4n) is 3.06. The smallest absolute Gasteiger partial charge is 0.338 e. The van der Waals surface area contributed by atoms with E-state index in [1.807, 2.05) is 6.92 Å². The van der Waals surface area contributed by atoms with Crippen molar-refractivity contribution in [3.8, 4) is 0 Å². The highest BCUT2D eigenvalue weighted by molar-refractivity contribution is 7.92. The predicted octanol–water partition coefficient (Wildman–Crippen LogP) is 5.31. The molecule has 0 spiro atoms. The van der Waals surface area contributed by atoms with Gasteiger partial charge in [-0.25, -0.2) is 13.2 Å². The molecule has 3 rings (SSSR count). The number of carbonyl (C=O) groups excluding carboxylic acids is 2. The van der Waals surface area contributed by atoms with Gasteiger partial charge < -0.3 is 10.1 Å². The molecule has 0 aromatic heterocycles. The molecule has 0 saturated carbocycles. The van der Waals surface area contributed by atoms with E-state index in [4.69, 9.17) is 27.9 Å². The summed E-state index contributed by atoms with van der Waals surface area (Å²) in [5, 5.41) is 3.02. The summed E-state index contributed by atoms with van der Waals surface area (Å²) >= 11 is 12.3. The van der Waals surface area contributed by atoms with Crippen LogP contribution >= 0.6 is 23.2 Å². The quantitative estimate of drug-likeness (QED) is 0.406. The first-order valence-electron chi connectivity index (χ1n) is 10.2. The maximum atomic E-state index is 13.4. The number of nitrogens with zero attached hydrogens (tertiary/aromatic N) is 1. The molecule has 0 atom stereocenters. The molecular formula is C24H22Cl2N2O5S. The lowest BCUT2D eigenvalue weighted by Crippen LogP contribution is -2.38. The lowest BCUT2D eigenvalue weighted by Gasteiger charge is -2.24. The first kappa shape index (κ1) is 25.6. The number of sulfonamides is 1. The highest BCUT2D eigenvalue weighted by Crippen LogP contribution is 2.27. The van der Waals surface area contributed by atoms with Gasteiger partial charge in [0.1, 0.15) is 6.54 Å². The summed E-state index contributed by atoms with van der Waals surface area (Å²) in [5.41, 5.74) is 1.57. The van der Waals surface area contributed by atoms with Crippen molar-refractivity contribution in [2.45, 2.75) is 18.7 Å². The summed E-state index contributed by atoms with van der Waals surface area (Å²) < 4.78 is 32.7. The standard InChI is InChI=1S/C24H22Cl2N2O5S/c1-3-33-24(30)17-9-12-22(21(26)13-17)27-23(29)15-28(19-6-4-5-18(25)14-19)34(31,32)20-10-7-16(2)8-11-20/h4-14H,3,15H2,1-2H3,(H,27,29). The summed E-state index contributed by atoms with van der Waals surface area (Å²) in [6, 6.07) is 16.8. The normalized spacial score (nSPS) is 11.1. The van der Waals surface area contributed by atoms with Crippen molar-refractivity contribution in [2.24, 2.45) is 0 Å². The first-order chi connectivity index (χ1) is 16.1. The molecule has 3 aromatic carbocycles. The van der Waals surface area contributed by atoms with E-state index < -0.39 is 28.4 Å². The molecule has 3 aromatic rings. The molecule has 7 nitrogen and oxygen atoms in total. The molecule has 10 heteroatoms. The van der Waals surface area contributed by atoms with Gasteiger partial charge in [0.15, 0.2) is 0 Å². The van der Waals surface area contributed by atoms with Gasteiger partial charge in [0, 0.05) is 5.02 Å². The Morgan fingerprint density at radius 1 is 1.00 bits per heavy atom. The second-order valence-corrected chi connectivity index (χ2v) is 9.97. The predicted molar refractivity (Wildman–Crippen MR) is 133 cm³/mol. The van der Waals surface area contributed by atoms with Gasteiger partial charge in [0.25, 0.3) is 10.0 Å². The Bertz CT molecular complexity index is 1310. The average molecular weight is 521 g/mol. The van der Waals surface area contributed by atoms with Crippen LogP contribution in [0.15, 0.2) is 71.6 Å². The average Bonchev–Trinajstić information content (AvgIpc) is 2.79. The van der Waals surface area contributed by atoms with Crippen LogP contribution in [0.4, 0.5) is 11.4 Å². The van der Waals surface area contributed by atoms with E-state index in [1.54, 1.807) is 37.3 Å². The number of aryl methyl sites for hydroxylation is 1. The largest absolute Gasteiger partial charge is 0.462 e. The molecule has 0 heterocycles. The number of benzene rings is 3. The Labute approximate surface area is 208 Å². The summed E-state index contributed by atoms with van der Waals surface area (Å²) in [7, 11) is -4.09. The van der Waals surface area contributed by atoms with Gasteiger partial charge in [-0.1, -0.05) is 47.0 Å². The van der Waals surface area contributed by atoms with Crippen LogP contribution in [0, 0.1) is 6.92 Å². The van der Waals surface area contributed by atoms with Crippen molar-refractivity contribution in [3.05, 3.63) is 87.9 Å². The van der Waals surface area contributed by atoms with Crippen LogP contribution in [0.2, 0.25) is 10.0 Å². The Kier molecular flexibility index (Phi) is 8.19. The minimum absolute atomic E-state index is 0.0303. The molecule has 178 valence electrons. The fraction of sp³-hybridized carbons (Fsp3) is 0.167. The molecule has 0 bridgehead atoms. The number of carbonyl (C=O) groups is 2. The SMILES string of the molecule is CCOC(=O)c1ccc(NC(=O)CN(c2cccc(Cl)c2)S(=O)(=O)c2ccc(C)cc2)c(Cl)c1. The molecular weight excluding hydrogens is 499 g/mol. The lowest BCUT2D eigenvalue weighted by molar-refractivity contribution is -0.114. The number of nitrogens with one attached hydrogen (secondary N) is 1. The van der Waals surface area contributed by atoms with Crippen molar-refractivity contribution < 1.29 is 22.7 Å². The van der Waals surface area contributed by atoms with Crippen molar-refractivity contribution in [1.29, 1.82) is 0 Å². The molecule has 0 fully saturated rings. The van der Waals surface area contributed by atoms with E-state index >= 15 is 0 Å². The van der Waals surface area contributed by atoms with Crippen molar-refractivity contribution in [2.75, 3.05) is 22.8 Å². The van der Waals surface area contributed by atoms with Crippen LogP contribution in [-0.4, -0.2) is 33.4 Å². The van der Waals surface area contributed by atoms with Gasteiger partial charge in [-0.05, 0) is 62.4 Å². The number of esters is 1. The van der Waals surface area contributed by atoms with Crippen molar-refractivity contribution in [1.82, 2.24) is 0 Å². The van der Waals surface area contributed by atoms with Crippen LogP contribution < -0.4 is 9.62 Å². The topological polar surface area (TPSA) is 92.8 Å². The second-order valence-electron chi connectivity index (χ2n) is 7.27. The Balaban J connectivity index is 1.89. The fourth-order valence-corrected chi connectivity index (χ4v) is 4.89. The zero-order chi connectivity index (χ0) is 24.9. The minimum Gasteiger partial charge on any atom is -0.462 e. The molecule has 0 aliphatic rings. The van der Waals surface area contributed by atoms with Crippen LogP contribution in [0.5, 0.6) is 0 Å². The molecule has 1 N–H and O–H groups in total. The zero-order valence-electron chi connectivity index (χ0n) is 18.4. The van der Waals surface area contributed by atoms with E-state index in [9.17, 15) is 18.0 Å². The van der Waals surface area contributed by atoms with E-state index in [1.165, 1.54) is 36.4 Å². The molecule has 0 aliphatic carbocycles. The summed E-state index contributed by atoms with van der Waals surface area (Å²) in [4.78, 5) is 24.8. The Morgan fingerprint density at radius 3 is 2.32 bits per heavy atom. The third-order valence-electron chi connectivity index (χ3n) is 4.75. The molecule has 1 amide bonds. The third kappa shape index (κ3) is 6.08. The lowest BCUT2D eigenvalue weighted by atomic mass is 10.2. The van der Waals surface area contributed by atoms with Crippen molar-refractivity contribution >= 4 is 56.5 Å². The van der Waals surface area contributed by atoms with Gasteiger partial charge in [-0.15, -0.1) is 0 Å². The summed E-state index contributed by atoms with van der Waals surface area (Å²) in [5.74, 6) is -1.18. The van der Waals surface area contributed by atoms with Gasteiger partial charge in [-0.2, -0.15) is 0 Å². The van der Waals surface area contributed by atoms with Gasteiger partial charge in [-0.3, -0.25) is 9.10 Å². The van der Waals surface area contributed by atoms with E-state index in [0.29, 0.717) is 5.02 Å². The van der Waals surface area contributed by atoms with Crippen molar-refractivity contribution in [3.63, 3.8) is 0 Å². The van der Waals surface area contributed by atoms with Gasteiger partial charge >= 0.3 is 5.97 Å². The zero-order valence-corrected chi connectivity index (χ0v) is 20.7. The molecule has 0 aliphatic heterocycles. The molecule has 34 heavy (non-hydrogen) atoms. The summed E-state index contributed by atoms with van der Waals surface area (Å²) in [6.07, 6.45) is 0. The Morgan fingerprint density at radius 2 is 1.71 bits per heavy atom. The van der Waals surface area contributed by atoms with Gasteiger partial charge in [0.05, 0.1) is 33.5 Å². The van der Waals surface area contributed by atoms with Crippen LogP contribution in [-0.2, 0) is 19.6 Å². The van der Waals surface area contributed by atoms with E-state index in [0.717, 1.165) is 9.87 Å². The van der Waals surface area contributed by atoms with Crippen LogP contribution in [0.3, 0.4) is 0 Å². The number of hydrogen-bond donors (Lipinski definition) is 1. The molecule has 0 saturated heterocycles. The number of anilines is 2. The number of hydrogen-bond acceptors (Lipinski definition) is 5. The minimum atomic E-state index is -4.09. The van der Waals surface area contributed by atoms with Gasteiger partial charge in [0.2, 0.25) is 5.91 Å². The highest BCUT2D eigenvalue weighted by atomic mass is 35.5.